The van der Waals surface area contributed by atoms with Crippen molar-refractivity contribution in [3.8, 4) is 5.75 Å². The Kier molecular flexibility index (Phi) is 3.65. The molecule has 0 aliphatic carbocycles. The fourth-order valence-electron chi connectivity index (χ4n) is 1.86. The van der Waals surface area contributed by atoms with Crippen molar-refractivity contribution in [3.63, 3.8) is 0 Å². The molecule has 1 unspecified atom stereocenters. The van der Waals surface area contributed by atoms with Gasteiger partial charge in [0.1, 0.15) is 5.75 Å². The van der Waals surface area contributed by atoms with E-state index < -0.39 is 5.91 Å². The third-order valence-corrected chi connectivity index (χ3v) is 3.09. The molecule has 1 aromatic carbocycles. The van der Waals surface area contributed by atoms with Crippen LogP contribution in [0.5, 0.6) is 5.75 Å². The average Bonchev–Trinajstić information content (AvgIpc) is 2.70. The minimum Gasteiger partial charge on any atom is -0.491 e. The molecule has 96 valence electrons. The van der Waals surface area contributed by atoms with Gasteiger partial charge in [-0.15, -0.1) is 0 Å². The number of ether oxygens (including phenoxy) is 1. The number of benzene rings is 1. The van der Waals surface area contributed by atoms with E-state index in [9.17, 15) is 9.59 Å². The molecule has 0 bridgehead atoms. The monoisotopic (exact) mass is 247 g/mol. The number of amides is 1. The van der Waals surface area contributed by atoms with Gasteiger partial charge in [0.15, 0.2) is 0 Å². The highest BCUT2D eigenvalue weighted by molar-refractivity contribution is 6.43. The molecule has 1 fully saturated rings. The fourth-order valence-corrected chi connectivity index (χ4v) is 1.86. The molecule has 0 N–H and O–H groups in total. The van der Waals surface area contributed by atoms with Gasteiger partial charge >= 0.3 is 0 Å². The maximum absolute atomic E-state index is 11.6. The molecule has 4 heteroatoms. The van der Waals surface area contributed by atoms with E-state index in [0.29, 0.717) is 13.0 Å². The highest BCUT2D eigenvalue weighted by Gasteiger charge is 2.30. The lowest BCUT2D eigenvalue weighted by Gasteiger charge is -2.17. The number of nitrogens with zero attached hydrogens (tertiary/aromatic N) is 1. The maximum Gasteiger partial charge on any atom is 0.294 e. The van der Waals surface area contributed by atoms with Gasteiger partial charge in [-0.2, -0.15) is 0 Å². The lowest BCUT2D eigenvalue weighted by Crippen LogP contribution is -2.26. The number of rotatable bonds is 4. The summed E-state index contributed by atoms with van der Waals surface area (Å²) in [6.45, 7) is 4.51. The number of anilines is 1. The SMILES string of the molecule is CCC(C)Oc1cccc(N2CCC(=O)C2=O)c1. The highest BCUT2D eigenvalue weighted by Crippen LogP contribution is 2.25. The van der Waals surface area contributed by atoms with Crippen LogP contribution in [0.2, 0.25) is 0 Å². The highest BCUT2D eigenvalue weighted by atomic mass is 16.5. The zero-order valence-electron chi connectivity index (χ0n) is 10.7. The summed E-state index contributed by atoms with van der Waals surface area (Å²) >= 11 is 0. The van der Waals surface area contributed by atoms with Gasteiger partial charge in [-0.1, -0.05) is 13.0 Å². The summed E-state index contributed by atoms with van der Waals surface area (Å²) in [7, 11) is 0. The molecule has 1 aliphatic heterocycles. The molecule has 0 saturated carbocycles. The van der Waals surface area contributed by atoms with Gasteiger partial charge in [0, 0.05) is 24.7 Å². The Morgan fingerprint density at radius 1 is 1.39 bits per heavy atom. The zero-order chi connectivity index (χ0) is 13.1. The van der Waals surface area contributed by atoms with Gasteiger partial charge in [-0.3, -0.25) is 9.59 Å². The largest absolute Gasteiger partial charge is 0.491 e. The Balaban J connectivity index is 2.17. The van der Waals surface area contributed by atoms with E-state index in [4.69, 9.17) is 4.74 Å². The van der Waals surface area contributed by atoms with E-state index in [1.54, 1.807) is 0 Å². The summed E-state index contributed by atoms with van der Waals surface area (Å²) in [4.78, 5) is 24.4. The van der Waals surface area contributed by atoms with Gasteiger partial charge in [-0.05, 0) is 25.5 Å². The Hall–Kier alpha value is -1.84. The first kappa shape index (κ1) is 12.6. The molecule has 1 aromatic rings. The molecule has 1 atom stereocenters. The third-order valence-electron chi connectivity index (χ3n) is 3.09. The van der Waals surface area contributed by atoms with Crippen molar-refractivity contribution >= 4 is 17.4 Å². The Bertz CT molecular complexity index is 470. The van der Waals surface area contributed by atoms with Crippen LogP contribution in [0, 0.1) is 0 Å². The molecule has 1 amide bonds. The summed E-state index contributed by atoms with van der Waals surface area (Å²) in [5.74, 6) is -0.00654. The average molecular weight is 247 g/mol. The number of hydrogen-bond donors (Lipinski definition) is 0. The lowest BCUT2D eigenvalue weighted by molar-refractivity contribution is -0.133. The van der Waals surface area contributed by atoms with Gasteiger partial charge in [0.05, 0.1) is 6.10 Å². The van der Waals surface area contributed by atoms with Crippen LogP contribution in [0.25, 0.3) is 0 Å². The van der Waals surface area contributed by atoms with E-state index in [1.807, 2.05) is 31.2 Å². The first-order valence-electron chi connectivity index (χ1n) is 6.23. The van der Waals surface area contributed by atoms with Crippen LogP contribution in [0.15, 0.2) is 24.3 Å². The smallest absolute Gasteiger partial charge is 0.294 e. The summed E-state index contributed by atoms with van der Waals surface area (Å²) in [5.41, 5.74) is 0.728. The van der Waals surface area contributed by atoms with Crippen LogP contribution in [0.4, 0.5) is 5.69 Å². The molecule has 4 nitrogen and oxygen atoms in total. The molecule has 2 rings (SSSR count). The van der Waals surface area contributed by atoms with Gasteiger partial charge in [-0.25, -0.2) is 0 Å². The summed E-state index contributed by atoms with van der Waals surface area (Å²) < 4.78 is 5.70. The second kappa shape index (κ2) is 5.21. The summed E-state index contributed by atoms with van der Waals surface area (Å²) in [6.07, 6.45) is 1.36. The Morgan fingerprint density at radius 2 is 2.17 bits per heavy atom. The van der Waals surface area contributed by atoms with Gasteiger partial charge < -0.3 is 9.64 Å². The predicted molar refractivity (Wildman–Crippen MR) is 68.8 cm³/mol. The molecule has 18 heavy (non-hydrogen) atoms. The molecule has 1 heterocycles. The number of carbonyl (C=O) groups excluding carboxylic acids is 2. The van der Waals surface area contributed by atoms with E-state index in [-0.39, 0.29) is 11.9 Å². The van der Waals surface area contributed by atoms with Crippen LogP contribution >= 0.6 is 0 Å². The standard InChI is InChI=1S/C14H17NO3/c1-3-10(2)18-12-6-4-5-11(9-12)15-8-7-13(16)14(15)17/h4-6,9-10H,3,7-8H2,1-2H3. The topological polar surface area (TPSA) is 46.6 Å². The first-order chi connectivity index (χ1) is 8.61. The van der Waals surface area contributed by atoms with Crippen molar-refractivity contribution in [1.82, 2.24) is 0 Å². The fraction of sp³-hybridized carbons (Fsp3) is 0.429. The minimum absolute atomic E-state index is 0.135. The molecule has 1 saturated heterocycles. The van der Waals surface area contributed by atoms with Gasteiger partial charge in [0.2, 0.25) is 5.78 Å². The lowest BCUT2D eigenvalue weighted by atomic mass is 10.2. The summed E-state index contributed by atoms with van der Waals surface area (Å²) in [6, 6.07) is 7.32. The van der Waals surface area contributed by atoms with Crippen molar-refractivity contribution in [2.24, 2.45) is 0 Å². The Labute approximate surface area is 107 Å². The van der Waals surface area contributed by atoms with Crippen molar-refractivity contribution in [3.05, 3.63) is 24.3 Å². The Morgan fingerprint density at radius 3 is 2.78 bits per heavy atom. The second-order valence-electron chi connectivity index (χ2n) is 4.46. The molecular weight excluding hydrogens is 230 g/mol. The van der Waals surface area contributed by atoms with Crippen LogP contribution in [0.3, 0.4) is 0 Å². The van der Waals surface area contributed by atoms with Crippen LogP contribution in [0.1, 0.15) is 26.7 Å². The van der Waals surface area contributed by atoms with E-state index in [1.165, 1.54) is 4.90 Å². The molecule has 0 spiro atoms. The third kappa shape index (κ3) is 2.53. The van der Waals surface area contributed by atoms with E-state index >= 15 is 0 Å². The second-order valence-corrected chi connectivity index (χ2v) is 4.46. The van der Waals surface area contributed by atoms with Crippen molar-refractivity contribution in [2.45, 2.75) is 32.8 Å². The molecular formula is C14H17NO3. The number of Topliss-reactive ketones (excluding diaryl/α,β-unsaturated/α-hetero) is 1. The maximum atomic E-state index is 11.6. The first-order valence-corrected chi connectivity index (χ1v) is 6.23. The van der Waals surface area contributed by atoms with E-state index in [0.717, 1.165) is 17.9 Å². The van der Waals surface area contributed by atoms with Crippen molar-refractivity contribution in [2.75, 3.05) is 11.4 Å². The van der Waals surface area contributed by atoms with Crippen molar-refractivity contribution < 1.29 is 14.3 Å². The quantitative estimate of drug-likeness (QED) is 0.766. The van der Waals surface area contributed by atoms with Crippen molar-refractivity contribution in [1.29, 1.82) is 0 Å². The van der Waals surface area contributed by atoms with E-state index in [2.05, 4.69) is 6.92 Å². The normalized spacial score (nSPS) is 17.1. The number of carbonyl (C=O) groups is 2. The zero-order valence-corrected chi connectivity index (χ0v) is 10.7. The van der Waals surface area contributed by atoms with Gasteiger partial charge in [0.25, 0.3) is 5.91 Å². The molecule has 1 aliphatic rings. The minimum atomic E-state index is -0.421. The molecule has 0 radical (unpaired) electrons. The summed E-state index contributed by atoms with van der Waals surface area (Å²) in [5, 5.41) is 0. The number of hydrogen-bond acceptors (Lipinski definition) is 3. The van der Waals surface area contributed by atoms with Crippen LogP contribution in [-0.2, 0) is 9.59 Å². The number of ketones is 1. The predicted octanol–water partition coefficient (Wildman–Crippen LogP) is 2.17. The van der Waals surface area contributed by atoms with Crippen LogP contribution < -0.4 is 9.64 Å². The van der Waals surface area contributed by atoms with Crippen LogP contribution in [-0.4, -0.2) is 24.3 Å². The molecule has 0 aromatic heterocycles.